The topological polar surface area (TPSA) is 0 Å². The highest BCUT2D eigenvalue weighted by atomic mass is 19.2. The minimum Gasteiger partial charge on any atom is -0.244 e. The van der Waals surface area contributed by atoms with Gasteiger partial charge >= 0.3 is 0 Å². The molecule has 0 aromatic rings. The van der Waals surface area contributed by atoms with Crippen LogP contribution in [0.15, 0.2) is 0 Å². The molecule has 9 unspecified atom stereocenters. The van der Waals surface area contributed by atoms with Crippen molar-refractivity contribution in [1.82, 2.24) is 0 Å². The lowest BCUT2D eigenvalue weighted by Crippen LogP contribution is -2.42. The molecule has 0 bridgehead atoms. The first-order valence-electron chi connectivity index (χ1n) is 17.9. The zero-order valence-electron chi connectivity index (χ0n) is 26.2. The molecule has 0 radical (unpaired) electrons. The van der Waals surface area contributed by atoms with Crippen LogP contribution in [0.3, 0.4) is 0 Å². The van der Waals surface area contributed by atoms with Gasteiger partial charge in [0.15, 0.2) is 0 Å². The Morgan fingerprint density at radius 3 is 1.55 bits per heavy atom. The summed E-state index contributed by atoms with van der Waals surface area (Å²) in [5, 5.41) is 0. The van der Waals surface area contributed by atoms with Gasteiger partial charge in [-0.1, -0.05) is 65.7 Å². The minimum absolute atomic E-state index is 0.0592. The SMILES string of the molecule is CCCCC1CCC(C2CCC(C(CC)CCC3CCC(C4CCC(CCC)CC4)C(F)C3F)CC2)C(F)C1F. The normalized spacial score (nSPS) is 43.9. The maximum absolute atomic E-state index is 15.4. The van der Waals surface area contributed by atoms with E-state index in [0.717, 1.165) is 109 Å². The lowest BCUT2D eigenvalue weighted by Gasteiger charge is -2.43. The molecule has 0 amide bonds. The van der Waals surface area contributed by atoms with Gasteiger partial charge < -0.3 is 0 Å². The summed E-state index contributed by atoms with van der Waals surface area (Å²) in [5.41, 5.74) is 0. The second kappa shape index (κ2) is 16.0. The van der Waals surface area contributed by atoms with Crippen LogP contribution in [0.1, 0.15) is 149 Å². The first-order chi connectivity index (χ1) is 19.4. The third kappa shape index (κ3) is 8.00. The Kier molecular flexibility index (Phi) is 13.0. The molecular weight excluding hydrogens is 508 g/mol. The number of hydrogen-bond acceptors (Lipinski definition) is 0. The van der Waals surface area contributed by atoms with E-state index < -0.39 is 24.7 Å². The van der Waals surface area contributed by atoms with Crippen molar-refractivity contribution in [1.29, 1.82) is 0 Å². The molecular formula is C36H62F4. The molecule has 4 aliphatic carbocycles. The average molecular weight is 571 g/mol. The van der Waals surface area contributed by atoms with E-state index in [-0.39, 0.29) is 23.7 Å². The molecule has 4 heteroatoms. The number of unbranched alkanes of at least 4 members (excludes halogenated alkanes) is 1. The molecule has 9 atom stereocenters. The summed E-state index contributed by atoms with van der Waals surface area (Å²) in [4.78, 5) is 0. The summed E-state index contributed by atoms with van der Waals surface area (Å²) in [6.07, 6.45) is 15.5. The van der Waals surface area contributed by atoms with E-state index in [9.17, 15) is 4.39 Å². The zero-order valence-corrected chi connectivity index (χ0v) is 26.2. The Labute approximate surface area is 244 Å². The van der Waals surface area contributed by atoms with Crippen molar-refractivity contribution in [2.45, 2.75) is 174 Å². The van der Waals surface area contributed by atoms with E-state index >= 15 is 13.2 Å². The van der Waals surface area contributed by atoms with Crippen molar-refractivity contribution in [3.05, 3.63) is 0 Å². The summed E-state index contributed by atoms with van der Waals surface area (Å²) in [5.74, 6) is 2.33. The minimum atomic E-state index is -1.29. The van der Waals surface area contributed by atoms with E-state index in [4.69, 9.17) is 0 Å². The third-order valence-corrected chi connectivity index (χ3v) is 12.7. The standard InChI is InChI=1S/C36H62F4/c1-4-7-9-29-20-22-32(35(39)33(29)37)28-17-15-26(16-18-28)25(6-3)14-19-30-21-23-31(36(40)34(30)38)27-12-10-24(8-5-2)11-13-27/h24-36H,4-23H2,1-3H3. The first-order valence-corrected chi connectivity index (χ1v) is 17.9. The largest absolute Gasteiger partial charge is 0.244 e. The monoisotopic (exact) mass is 570 g/mol. The van der Waals surface area contributed by atoms with E-state index in [1.165, 1.54) is 25.7 Å². The highest BCUT2D eigenvalue weighted by molar-refractivity contribution is 4.95. The van der Waals surface area contributed by atoms with Gasteiger partial charge in [-0.2, -0.15) is 0 Å². The van der Waals surface area contributed by atoms with Gasteiger partial charge in [0.2, 0.25) is 0 Å². The molecule has 0 aromatic carbocycles. The van der Waals surface area contributed by atoms with Gasteiger partial charge in [0.05, 0.1) is 0 Å². The van der Waals surface area contributed by atoms with Crippen molar-refractivity contribution < 1.29 is 17.6 Å². The fourth-order valence-corrected chi connectivity index (χ4v) is 10.1. The van der Waals surface area contributed by atoms with E-state index in [2.05, 4.69) is 20.8 Å². The van der Waals surface area contributed by atoms with E-state index in [1.807, 2.05) is 0 Å². The molecule has 0 saturated heterocycles. The van der Waals surface area contributed by atoms with Crippen LogP contribution in [0, 0.1) is 53.3 Å². The fourth-order valence-electron chi connectivity index (χ4n) is 10.1. The van der Waals surface area contributed by atoms with Gasteiger partial charge in [-0.3, -0.25) is 0 Å². The predicted molar refractivity (Wildman–Crippen MR) is 160 cm³/mol. The maximum atomic E-state index is 15.4. The fraction of sp³-hybridized carbons (Fsp3) is 1.00. The predicted octanol–water partition coefficient (Wildman–Crippen LogP) is 11.8. The molecule has 234 valence electrons. The Bertz CT molecular complexity index is 697. The lowest BCUT2D eigenvalue weighted by molar-refractivity contribution is -0.0208. The van der Waals surface area contributed by atoms with Gasteiger partial charge in [-0.05, 0) is 137 Å². The summed E-state index contributed by atoms with van der Waals surface area (Å²) in [7, 11) is 0. The highest BCUT2D eigenvalue weighted by Crippen LogP contribution is 2.48. The second-order valence-electron chi connectivity index (χ2n) is 14.9. The molecule has 4 fully saturated rings. The Morgan fingerprint density at radius 2 is 1.05 bits per heavy atom. The van der Waals surface area contributed by atoms with Crippen molar-refractivity contribution in [2.75, 3.05) is 0 Å². The average Bonchev–Trinajstić information content (AvgIpc) is 2.97. The Balaban J connectivity index is 1.19. The number of rotatable bonds is 12. The number of halogens is 4. The molecule has 0 aromatic heterocycles. The molecule has 4 rings (SSSR count). The molecule has 0 aliphatic heterocycles. The second-order valence-corrected chi connectivity index (χ2v) is 14.9. The smallest absolute Gasteiger partial charge is 0.134 e. The number of alkyl halides is 4. The zero-order chi connectivity index (χ0) is 28.6. The van der Waals surface area contributed by atoms with Crippen LogP contribution >= 0.6 is 0 Å². The van der Waals surface area contributed by atoms with Crippen molar-refractivity contribution in [3.63, 3.8) is 0 Å². The van der Waals surface area contributed by atoms with Crippen molar-refractivity contribution in [2.24, 2.45) is 53.3 Å². The molecule has 4 aliphatic rings. The summed E-state index contributed by atoms with van der Waals surface area (Å²) in [6, 6.07) is 0. The van der Waals surface area contributed by atoms with Crippen molar-refractivity contribution >= 4 is 0 Å². The van der Waals surface area contributed by atoms with Gasteiger partial charge in [-0.15, -0.1) is 0 Å². The van der Waals surface area contributed by atoms with Crippen LogP contribution in [0.5, 0.6) is 0 Å². The first kappa shape index (κ1) is 32.6. The van der Waals surface area contributed by atoms with Crippen LogP contribution in [0.25, 0.3) is 0 Å². The summed E-state index contributed by atoms with van der Waals surface area (Å²) in [6.45, 7) is 6.61. The van der Waals surface area contributed by atoms with E-state index in [0.29, 0.717) is 23.7 Å². The van der Waals surface area contributed by atoms with Crippen LogP contribution < -0.4 is 0 Å². The van der Waals surface area contributed by atoms with Crippen LogP contribution in [-0.4, -0.2) is 24.7 Å². The molecule has 40 heavy (non-hydrogen) atoms. The van der Waals surface area contributed by atoms with Gasteiger partial charge in [0.1, 0.15) is 24.7 Å². The number of hydrogen-bond donors (Lipinski definition) is 0. The van der Waals surface area contributed by atoms with E-state index in [1.54, 1.807) is 0 Å². The van der Waals surface area contributed by atoms with Crippen molar-refractivity contribution in [3.8, 4) is 0 Å². The molecule has 0 heterocycles. The lowest BCUT2D eigenvalue weighted by atomic mass is 9.64. The molecule has 0 nitrogen and oxygen atoms in total. The highest BCUT2D eigenvalue weighted by Gasteiger charge is 2.45. The van der Waals surface area contributed by atoms with Crippen LogP contribution in [-0.2, 0) is 0 Å². The van der Waals surface area contributed by atoms with Crippen LogP contribution in [0.2, 0.25) is 0 Å². The quantitative estimate of drug-likeness (QED) is 0.205. The van der Waals surface area contributed by atoms with Crippen LogP contribution in [0.4, 0.5) is 17.6 Å². The summed E-state index contributed by atoms with van der Waals surface area (Å²) >= 11 is 0. The molecule has 0 N–H and O–H groups in total. The Morgan fingerprint density at radius 1 is 0.525 bits per heavy atom. The maximum Gasteiger partial charge on any atom is 0.134 e. The third-order valence-electron chi connectivity index (χ3n) is 12.7. The Hall–Kier alpha value is -0.280. The molecule has 4 saturated carbocycles. The summed E-state index contributed by atoms with van der Waals surface area (Å²) < 4.78 is 60.9. The van der Waals surface area contributed by atoms with Gasteiger partial charge in [0.25, 0.3) is 0 Å². The molecule has 0 spiro atoms. The van der Waals surface area contributed by atoms with Gasteiger partial charge in [-0.25, -0.2) is 17.6 Å². The van der Waals surface area contributed by atoms with Gasteiger partial charge in [0, 0.05) is 0 Å².